The van der Waals surface area contributed by atoms with Crippen LogP contribution in [0.1, 0.15) is 43.9 Å². The van der Waals surface area contributed by atoms with Crippen molar-refractivity contribution in [1.29, 1.82) is 0 Å². The minimum absolute atomic E-state index is 0.0373. The Morgan fingerprint density at radius 2 is 1.86 bits per heavy atom. The molecule has 0 fully saturated rings. The summed E-state index contributed by atoms with van der Waals surface area (Å²) >= 11 is 0. The van der Waals surface area contributed by atoms with Gasteiger partial charge in [0.2, 0.25) is 0 Å². The third-order valence-corrected chi connectivity index (χ3v) is 2.03. The van der Waals surface area contributed by atoms with Gasteiger partial charge in [-0.3, -0.25) is 4.79 Å². The maximum absolute atomic E-state index is 12.1. The van der Waals surface area contributed by atoms with Gasteiger partial charge in [0.25, 0.3) is 5.91 Å². The van der Waals surface area contributed by atoms with E-state index in [1.54, 1.807) is 12.1 Å². The lowest BCUT2D eigenvalue weighted by atomic mass is 10.0. The lowest BCUT2D eigenvalue weighted by molar-refractivity contribution is 0.0827. The Morgan fingerprint density at radius 1 is 1.29 bits per heavy atom. The molecule has 1 amide bonds. The second-order valence-electron chi connectivity index (χ2n) is 3.42. The van der Waals surface area contributed by atoms with Gasteiger partial charge in [-0.2, -0.15) is 0 Å². The van der Waals surface area contributed by atoms with E-state index in [1.165, 1.54) is 12.1 Å². The summed E-state index contributed by atoms with van der Waals surface area (Å²) < 4.78 is 43.3. The minimum Gasteiger partial charge on any atom is -0.345 e. The number of hydrogen-bond acceptors (Lipinski definition) is 1. The van der Waals surface area contributed by atoms with E-state index < -0.39 is 19.9 Å². The summed E-state index contributed by atoms with van der Waals surface area (Å²) in [6.45, 7) is -2.07. The number of nitrogens with zero attached hydrogens (tertiary/aromatic N) is 1. The molecule has 0 aliphatic heterocycles. The molecule has 0 N–H and O–H groups in total. The Hall–Kier alpha value is -1.31. The van der Waals surface area contributed by atoms with Crippen molar-refractivity contribution < 1.29 is 13.0 Å². The number of hydrogen-bond donors (Lipinski definition) is 0. The zero-order valence-electron chi connectivity index (χ0n) is 14.2. The number of amides is 1. The first kappa shape index (κ1) is 4.96. The quantitative estimate of drug-likeness (QED) is 0.713. The number of carbonyl (C=O) groups is 1. The van der Waals surface area contributed by atoms with Gasteiger partial charge in [0, 0.05) is 27.7 Å². The molecule has 0 bridgehead atoms. The highest BCUT2D eigenvalue weighted by Gasteiger charge is 2.07. The van der Waals surface area contributed by atoms with E-state index in [0.717, 1.165) is 5.56 Å². The molecule has 0 aliphatic carbocycles. The molecule has 1 rings (SSSR count). The Bertz CT molecular complexity index is 460. The predicted octanol–water partition coefficient (Wildman–Crippen LogP) is 2.51. The largest absolute Gasteiger partial charge is 0.345 e. The molecular weight excluding hydrogens is 174 g/mol. The van der Waals surface area contributed by atoms with E-state index in [9.17, 15) is 4.79 Å². The number of benzene rings is 1. The van der Waals surface area contributed by atoms with Crippen molar-refractivity contribution in [1.82, 2.24) is 4.90 Å². The fraction of sp³-hybridized carbons (Fsp3) is 0.417. The van der Waals surface area contributed by atoms with E-state index >= 15 is 0 Å². The Morgan fingerprint density at radius 3 is 2.29 bits per heavy atom. The third-order valence-electron chi connectivity index (χ3n) is 2.03. The van der Waals surface area contributed by atoms with Crippen molar-refractivity contribution in [3.63, 3.8) is 0 Å². The standard InChI is InChI=1S/C12H17NO/c1-9(2)10-5-7-11(8-6-10)12(14)13(3)4/h5-9H,1-4H3/i3D3,4D3. The zero-order chi connectivity index (χ0) is 15.7. The first-order valence-corrected chi connectivity index (χ1v) is 4.39. The van der Waals surface area contributed by atoms with E-state index in [-0.39, 0.29) is 16.4 Å². The SMILES string of the molecule is [2H]C([2H])([2H])N(C(=O)c1ccc(C(C)C)cc1)C([2H])([2H])[2H]. The average Bonchev–Trinajstić information content (AvgIpc) is 2.25. The summed E-state index contributed by atoms with van der Waals surface area (Å²) in [5.74, 6) is -0.763. The average molecular weight is 197 g/mol. The van der Waals surface area contributed by atoms with Crippen molar-refractivity contribution >= 4 is 5.91 Å². The highest BCUT2D eigenvalue weighted by Crippen LogP contribution is 2.15. The normalized spacial score (nSPS) is 18.5. The summed E-state index contributed by atoms with van der Waals surface area (Å²) in [5, 5.41) is 0. The van der Waals surface area contributed by atoms with Gasteiger partial charge in [0.05, 0.1) is 0 Å². The molecule has 1 aromatic rings. The second-order valence-corrected chi connectivity index (χ2v) is 3.42. The van der Waals surface area contributed by atoms with Gasteiger partial charge in [-0.1, -0.05) is 26.0 Å². The molecule has 14 heavy (non-hydrogen) atoms. The fourth-order valence-electron chi connectivity index (χ4n) is 1.14. The Balaban J connectivity index is 3.14. The van der Waals surface area contributed by atoms with E-state index in [2.05, 4.69) is 0 Å². The van der Waals surface area contributed by atoms with E-state index in [4.69, 9.17) is 8.22 Å². The zero-order valence-corrected chi connectivity index (χ0v) is 8.24. The Labute approximate surface area is 94.0 Å². The van der Waals surface area contributed by atoms with Crippen molar-refractivity contribution in [3.05, 3.63) is 35.4 Å². The van der Waals surface area contributed by atoms with Crippen LogP contribution in [0.15, 0.2) is 24.3 Å². The summed E-state index contributed by atoms with van der Waals surface area (Å²) in [5.41, 5.74) is 1.03. The second kappa shape index (κ2) is 4.27. The van der Waals surface area contributed by atoms with Gasteiger partial charge >= 0.3 is 0 Å². The van der Waals surface area contributed by atoms with Crippen LogP contribution in [-0.2, 0) is 0 Å². The molecule has 0 saturated heterocycles. The molecular formula is C12H17NO. The van der Waals surface area contributed by atoms with Crippen LogP contribution in [0.2, 0.25) is 0 Å². The van der Waals surface area contributed by atoms with Gasteiger partial charge < -0.3 is 4.90 Å². The van der Waals surface area contributed by atoms with Crippen LogP contribution in [0.3, 0.4) is 0 Å². The number of carbonyl (C=O) groups excluding carboxylic acids is 1. The third kappa shape index (κ3) is 2.34. The lowest BCUT2D eigenvalue weighted by Crippen LogP contribution is -2.21. The van der Waals surface area contributed by atoms with Gasteiger partial charge in [-0.25, -0.2) is 0 Å². The summed E-state index contributed by atoms with van der Waals surface area (Å²) in [4.78, 5) is 12.1. The predicted molar refractivity (Wildman–Crippen MR) is 58.5 cm³/mol. The van der Waals surface area contributed by atoms with Crippen molar-refractivity contribution in [2.24, 2.45) is 0 Å². The first-order valence-electron chi connectivity index (χ1n) is 7.39. The molecule has 0 aliphatic rings. The van der Waals surface area contributed by atoms with Crippen molar-refractivity contribution in [2.45, 2.75) is 19.8 Å². The maximum Gasteiger partial charge on any atom is 0.253 e. The smallest absolute Gasteiger partial charge is 0.253 e. The van der Waals surface area contributed by atoms with Crippen LogP contribution in [0.4, 0.5) is 0 Å². The monoisotopic (exact) mass is 197 g/mol. The van der Waals surface area contributed by atoms with E-state index in [0.29, 0.717) is 0 Å². The molecule has 2 heteroatoms. The molecule has 0 aromatic heterocycles. The number of rotatable bonds is 2. The van der Waals surface area contributed by atoms with Gasteiger partial charge in [0.1, 0.15) is 0 Å². The molecule has 0 unspecified atom stereocenters. The molecule has 0 heterocycles. The van der Waals surface area contributed by atoms with Crippen LogP contribution in [0.5, 0.6) is 0 Å². The summed E-state index contributed by atoms with van der Waals surface area (Å²) in [6, 6.07) is 6.27. The van der Waals surface area contributed by atoms with Gasteiger partial charge in [0.15, 0.2) is 0 Å². The first-order chi connectivity index (χ1) is 8.94. The molecule has 0 saturated carbocycles. The van der Waals surface area contributed by atoms with Crippen molar-refractivity contribution in [2.75, 3.05) is 14.0 Å². The van der Waals surface area contributed by atoms with Crippen molar-refractivity contribution in [3.8, 4) is 0 Å². The van der Waals surface area contributed by atoms with Gasteiger partial charge in [-0.05, 0) is 23.6 Å². The molecule has 0 radical (unpaired) electrons. The molecule has 2 nitrogen and oxygen atoms in total. The Kier molecular flexibility index (Phi) is 1.51. The highest BCUT2D eigenvalue weighted by atomic mass is 16.2. The highest BCUT2D eigenvalue weighted by molar-refractivity contribution is 5.93. The van der Waals surface area contributed by atoms with Crippen LogP contribution >= 0.6 is 0 Å². The topological polar surface area (TPSA) is 20.3 Å². The summed E-state index contributed by atoms with van der Waals surface area (Å²) in [6.07, 6.45) is 0. The molecule has 0 spiro atoms. The summed E-state index contributed by atoms with van der Waals surface area (Å²) in [7, 11) is 0. The van der Waals surface area contributed by atoms with Crippen LogP contribution in [0, 0.1) is 0 Å². The van der Waals surface area contributed by atoms with Crippen LogP contribution in [-0.4, -0.2) is 24.8 Å². The van der Waals surface area contributed by atoms with Crippen LogP contribution in [0.25, 0.3) is 0 Å². The molecule has 76 valence electrons. The fourth-order valence-corrected chi connectivity index (χ4v) is 1.14. The maximum atomic E-state index is 12.1. The van der Waals surface area contributed by atoms with Gasteiger partial charge in [-0.15, -0.1) is 0 Å². The minimum atomic E-state index is -3.01. The van der Waals surface area contributed by atoms with E-state index in [1.807, 2.05) is 13.8 Å². The lowest BCUT2D eigenvalue weighted by Gasteiger charge is -2.11. The molecule has 1 aromatic carbocycles. The van der Waals surface area contributed by atoms with Crippen LogP contribution < -0.4 is 0 Å². The molecule has 0 atom stereocenters.